The highest BCUT2D eigenvalue weighted by Gasteiger charge is 2.48. The molecule has 172 valence electrons. The first kappa shape index (κ1) is 25.6. The third kappa shape index (κ3) is 6.91. The second-order valence-electron chi connectivity index (χ2n) is 11.2. The van der Waals surface area contributed by atoms with Gasteiger partial charge in [-0.05, 0) is 63.3 Å². The summed E-state index contributed by atoms with van der Waals surface area (Å²) in [6, 6.07) is 1.14. The lowest BCUT2D eigenvalue weighted by Gasteiger charge is -2.50. The van der Waals surface area contributed by atoms with Crippen LogP contribution in [0, 0.1) is 17.3 Å². The Balaban J connectivity index is 2.18. The van der Waals surface area contributed by atoms with E-state index in [2.05, 4.69) is 60.0 Å². The predicted molar refractivity (Wildman–Crippen MR) is 130 cm³/mol. The van der Waals surface area contributed by atoms with Crippen molar-refractivity contribution in [2.75, 3.05) is 13.4 Å². The Morgan fingerprint density at radius 3 is 2.57 bits per heavy atom. The Morgan fingerprint density at radius 2 is 1.90 bits per heavy atom. The molecule has 0 spiro atoms. The number of ether oxygens (including phenoxy) is 2. The van der Waals surface area contributed by atoms with Gasteiger partial charge in [0, 0.05) is 20.6 Å². The van der Waals surface area contributed by atoms with Crippen LogP contribution < -0.4 is 0 Å². The lowest BCUT2D eigenvalue weighted by Crippen LogP contribution is -2.48. The summed E-state index contributed by atoms with van der Waals surface area (Å²) in [5.41, 5.74) is 3.87. The van der Waals surface area contributed by atoms with E-state index in [4.69, 9.17) is 9.47 Å². The van der Waals surface area contributed by atoms with Crippen molar-refractivity contribution in [3.8, 4) is 0 Å². The van der Waals surface area contributed by atoms with E-state index in [0.717, 1.165) is 50.3 Å². The Labute approximate surface area is 186 Å². The molecule has 0 saturated heterocycles. The van der Waals surface area contributed by atoms with Crippen LogP contribution in [-0.4, -0.2) is 38.8 Å². The van der Waals surface area contributed by atoms with E-state index in [1.807, 2.05) is 6.08 Å². The molecular formula is C26H46O3Si. The van der Waals surface area contributed by atoms with E-state index < -0.39 is 14.2 Å². The second kappa shape index (κ2) is 10.8. The largest absolute Gasteiger partial charge is 0.388 e. The van der Waals surface area contributed by atoms with E-state index in [1.54, 1.807) is 0 Å². The van der Waals surface area contributed by atoms with Crippen LogP contribution in [0.5, 0.6) is 0 Å². The highest BCUT2D eigenvalue weighted by Crippen LogP contribution is 2.52. The number of rotatable bonds is 6. The third-order valence-corrected chi connectivity index (χ3v) is 9.17. The first-order chi connectivity index (χ1) is 13.9. The fourth-order valence-electron chi connectivity index (χ4n) is 4.84. The van der Waals surface area contributed by atoms with Crippen LogP contribution in [0.1, 0.15) is 59.8 Å². The Kier molecular flexibility index (Phi) is 9.17. The van der Waals surface area contributed by atoms with Crippen LogP contribution in [0.2, 0.25) is 25.7 Å². The molecule has 0 heterocycles. The second-order valence-corrected chi connectivity index (χ2v) is 16.9. The van der Waals surface area contributed by atoms with Gasteiger partial charge in [-0.3, -0.25) is 0 Å². The van der Waals surface area contributed by atoms with E-state index in [1.165, 1.54) is 11.1 Å². The van der Waals surface area contributed by atoms with Gasteiger partial charge in [0.1, 0.15) is 6.79 Å². The van der Waals surface area contributed by atoms with Gasteiger partial charge < -0.3 is 14.6 Å². The van der Waals surface area contributed by atoms with Gasteiger partial charge in [0.15, 0.2) is 0 Å². The van der Waals surface area contributed by atoms with Crippen molar-refractivity contribution in [1.82, 2.24) is 0 Å². The molecule has 1 saturated carbocycles. The summed E-state index contributed by atoms with van der Waals surface area (Å²) in [4.78, 5) is 0. The number of fused-ring (bicyclic) bond motifs is 2. The van der Waals surface area contributed by atoms with Gasteiger partial charge in [-0.25, -0.2) is 0 Å². The highest BCUT2D eigenvalue weighted by molar-refractivity contribution is 6.76. The minimum absolute atomic E-state index is 0.0141. The average Bonchev–Trinajstić information content (AvgIpc) is 2.62. The first-order valence-corrected chi connectivity index (χ1v) is 15.5. The van der Waals surface area contributed by atoms with E-state index in [-0.39, 0.29) is 17.4 Å². The molecule has 0 aromatic carbocycles. The summed E-state index contributed by atoms with van der Waals surface area (Å²) in [5.74, 6) is 0.381. The minimum Gasteiger partial charge on any atom is -0.388 e. The molecule has 0 radical (unpaired) electrons. The molecule has 4 heteroatoms. The molecule has 0 unspecified atom stereocenters. The molecule has 0 aliphatic heterocycles. The smallest absolute Gasteiger partial charge is 0.147 e. The minimum atomic E-state index is -1.10. The maximum absolute atomic E-state index is 11.2. The number of hydrogen-bond acceptors (Lipinski definition) is 3. The maximum Gasteiger partial charge on any atom is 0.147 e. The van der Waals surface area contributed by atoms with Crippen LogP contribution in [0.4, 0.5) is 0 Å². The van der Waals surface area contributed by atoms with Crippen molar-refractivity contribution in [1.29, 1.82) is 0 Å². The number of aliphatic hydroxyl groups is 1. The molecule has 3 nitrogen and oxygen atoms in total. The molecule has 30 heavy (non-hydrogen) atoms. The summed E-state index contributed by atoms with van der Waals surface area (Å²) in [6.07, 6.45) is 8.95. The predicted octanol–water partition coefficient (Wildman–Crippen LogP) is 6.73. The van der Waals surface area contributed by atoms with Crippen LogP contribution in [0.3, 0.4) is 0 Å². The maximum atomic E-state index is 11.2. The zero-order valence-electron chi connectivity index (χ0n) is 20.6. The molecule has 5 atom stereocenters. The van der Waals surface area contributed by atoms with Gasteiger partial charge >= 0.3 is 0 Å². The van der Waals surface area contributed by atoms with Gasteiger partial charge in [0.2, 0.25) is 0 Å². The lowest BCUT2D eigenvalue weighted by molar-refractivity contribution is -0.132. The van der Waals surface area contributed by atoms with E-state index in [0.29, 0.717) is 12.7 Å². The zero-order valence-corrected chi connectivity index (χ0v) is 21.6. The SMILES string of the molecule is C=C1[C@H]2[C@@H](OCOCC[Si](C)(C)C)C[C@@H](C)[C@]1(C)CC/C(C)=C/CC/C(C)=C/[C@@H]2O. The molecule has 2 aliphatic carbocycles. The van der Waals surface area contributed by atoms with Crippen molar-refractivity contribution in [2.24, 2.45) is 17.3 Å². The summed E-state index contributed by atoms with van der Waals surface area (Å²) < 4.78 is 12.1. The highest BCUT2D eigenvalue weighted by atomic mass is 28.3. The molecule has 2 bridgehead atoms. The number of allylic oxidation sites excluding steroid dienone is 3. The Morgan fingerprint density at radius 1 is 1.20 bits per heavy atom. The van der Waals surface area contributed by atoms with Crippen molar-refractivity contribution >= 4 is 8.07 Å². The van der Waals surface area contributed by atoms with Crippen molar-refractivity contribution in [3.63, 3.8) is 0 Å². The molecule has 2 aliphatic rings. The number of aliphatic hydroxyl groups excluding tert-OH is 1. The third-order valence-electron chi connectivity index (χ3n) is 7.47. The molecule has 0 aromatic rings. The van der Waals surface area contributed by atoms with Crippen LogP contribution >= 0.6 is 0 Å². The van der Waals surface area contributed by atoms with Gasteiger partial charge in [-0.15, -0.1) is 0 Å². The fraction of sp³-hybridized carbons (Fsp3) is 0.769. The number of hydrogen-bond donors (Lipinski definition) is 1. The molecule has 0 amide bonds. The summed E-state index contributed by atoms with van der Waals surface area (Å²) >= 11 is 0. The Bertz CT molecular complexity index is 645. The topological polar surface area (TPSA) is 38.7 Å². The monoisotopic (exact) mass is 434 g/mol. The standard InChI is InChI=1S/C26H46O3Si/c1-19-10-9-11-20(2)16-23(27)25-22(4)26(5,13-12-19)21(3)17-24(25)29-18-28-14-15-30(6,7)8/h10,16,21,23-25,27H,4,9,11-15,17-18H2,1-3,5-8H3/b19-10+,20-16+/t21-,23+,24+,25-,26+/m1/s1. The van der Waals surface area contributed by atoms with Crippen molar-refractivity contribution < 1.29 is 14.6 Å². The van der Waals surface area contributed by atoms with Crippen molar-refractivity contribution in [3.05, 3.63) is 35.5 Å². The van der Waals surface area contributed by atoms with Gasteiger partial charge in [0.25, 0.3) is 0 Å². The van der Waals surface area contributed by atoms with Crippen LogP contribution in [-0.2, 0) is 9.47 Å². The zero-order chi connectivity index (χ0) is 22.5. The molecule has 1 N–H and O–H groups in total. The summed E-state index contributed by atoms with van der Waals surface area (Å²) in [6.45, 7) is 21.7. The molecular weight excluding hydrogens is 388 g/mol. The Hall–Kier alpha value is -0.683. The molecule has 0 aromatic heterocycles. The van der Waals surface area contributed by atoms with Gasteiger partial charge in [-0.1, -0.05) is 68.9 Å². The van der Waals surface area contributed by atoms with Crippen LogP contribution in [0.15, 0.2) is 35.5 Å². The average molecular weight is 435 g/mol. The van der Waals surface area contributed by atoms with Crippen molar-refractivity contribution in [2.45, 2.75) is 97.7 Å². The molecule has 1 fully saturated rings. The van der Waals surface area contributed by atoms with Crippen LogP contribution in [0.25, 0.3) is 0 Å². The first-order valence-electron chi connectivity index (χ1n) is 11.8. The fourth-order valence-corrected chi connectivity index (χ4v) is 5.59. The quantitative estimate of drug-likeness (QED) is 0.218. The molecule has 2 rings (SSSR count). The van der Waals surface area contributed by atoms with Gasteiger partial charge in [0.05, 0.1) is 12.2 Å². The van der Waals surface area contributed by atoms with E-state index in [9.17, 15) is 5.11 Å². The van der Waals surface area contributed by atoms with E-state index >= 15 is 0 Å². The normalized spacial score (nSPS) is 37.4. The lowest BCUT2D eigenvalue weighted by atomic mass is 9.57. The summed E-state index contributed by atoms with van der Waals surface area (Å²) in [7, 11) is -1.10. The summed E-state index contributed by atoms with van der Waals surface area (Å²) in [5, 5.41) is 11.2. The van der Waals surface area contributed by atoms with Gasteiger partial charge in [-0.2, -0.15) is 0 Å².